The Hall–Kier alpha value is -0.0800. The van der Waals surface area contributed by atoms with Gasteiger partial charge in [-0.3, -0.25) is 0 Å². The minimum absolute atomic E-state index is 0.564. The molecule has 1 aliphatic carbocycles. The van der Waals surface area contributed by atoms with Gasteiger partial charge >= 0.3 is 0 Å². The van der Waals surface area contributed by atoms with Crippen LogP contribution in [-0.2, 0) is 4.74 Å². The summed E-state index contributed by atoms with van der Waals surface area (Å²) in [4.78, 5) is 0. The Labute approximate surface area is 86.4 Å². The molecule has 0 aromatic heterocycles. The van der Waals surface area contributed by atoms with Crippen LogP contribution < -0.4 is 5.32 Å². The van der Waals surface area contributed by atoms with Gasteiger partial charge in [0.2, 0.25) is 0 Å². The van der Waals surface area contributed by atoms with Gasteiger partial charge in [-0.25, -0.2) is 0 Å². The zero-order valence-electron chi connectivity index (χ0n) is 8.98. The summed E-state index contributed by atoms with van der Waals surface area (Å²) in [7, 11) is 0. The third kappa shape index (κ3) is 1.10. The lowest BCUT2D eigenvalue weighted by molar-refractivity contribution is -0.101. The maximum atomic E-state index is 5.77. The Morgan fingerprint density at radius 2 is 1.79 bits per heavy atom. The Bertz CT molecular complexity index is 190. The number of nitrogens with one attached hydrogen (secondary N) is 1. The van der Waals surface area contributed by atoms with Crippen molar-refractivity contribution in [1.29, 1.82) is 0 Å². The van der Waals surface area contributed by atoms with Crippen LogP contribution in [0.4, 0.5) is 0 Å². The largest absolute Gasteiger partial charge is 0.381 e. The average molecular weight is 195 g/mol. The van der Waals surface area contributed by atoms with E-state index in [4.69, 9.17) is 4.74 Å². The second-order valence-electron chi connectivity index (χ2n) is 5.50. The molecular weight excluding hydrogens is 174 g/mol. The Morgan fingerprint density at radius 1 is 0.929 bits per heavy atom. The van der Waals surface area contributed by atoms with Crippen molar-refractivity contribution in [3.8, 4) is 0 Å². The highest BCUT2D eigenvalue weighted by atomic mass is 16.5. The average Bonchev–Trinajstić information content (AvgIpc) is 2.81. The molecule has 0 aromatic rings. The highest BCUT2D eigenvalue weighted by Gasteiger charge is 2.55. The summed E-state index contributed by atoms with van der Waals surface area (Å²) in [5.74, 6) is 0. The zero-order valence-corrected chi connectivity index (χ0v) is 8.98. The molecule has 0 aromatic carbocycles. The van der Waals surface area contributed by atoms with Crippen LogP contribution in [0.5, 0.6) is 0 Å². The van der Waals surface area contributed by atoms with E-state index in [2.05, 4.69) is 5.32 Å². The third-order valence-electron chi connectivity index (χ3n) is 5.03. The van der Waals surface area contributed by atoms with Crippen molar-refractivity contribution in [1.82, 2.24) is 5.32 Å². The van der Waals surface area contributed by atoms with Gasteiger partial charge in [-0.2, -0.15) is 0 Å². The maximum Gasteiger partial charge on any atom is 0.0528 e. The summed E-state index contributed by atoms with van der Waals surface area (Å²) in [5.41, 5.74) is 1.18. The predicted molar refractivity (Wildman–Crippen MR) is 56.3 cm³/mol. The second-order valence-corrected chi connectivity index (χ2v) is 5.50. The monoisotopic (exact) mass is 195 g/mol. The quantitative estimate of drug-likeness (QED) is 0.638. The van der Waals surface area contributed by atoms with E-state index in [1.807, 2.05) is 0 Å². The van der Waals surface area contributed by atoms with Crippen molar-refractivity contribution in [2.45, 2.75) is 38.5 Å². The van der Waals surface area contributed by atoms with E-state index in [9.17, 15) is 0 Å². The first kappa shape index (κ1) is 9.17. The summed E-state index contributed by atoms with van der Waals surface area (Å²) < 4.78 is 5.77. The first-order valence-electron chi connectivity index (χ1n) is 6.16. The van der Waals surface area contributed by atoms with Crippen LogP contribution in [0.2, 0.25) is 0 Å². The molecular formula is C12H21NO. The van der Waals surface area contributed by atoms with Gasteiger partial charge in [-0.05, 0) is 37.6 Å². The normalized spacial score (nSPS) is 41.1. The van der Waals surface area contributed by atoms with Crippen molar-refractivity contribution in [3.63, 3.8) is 0 Å². The van der Waals surface area contributed by atoms with Crippen molar-refractivity contribution < 1.29 is 4.74 Å². The summed E-state index contributed by atoms with van der Waals surface area (Å²) in [6, 6.07) is 0. The molecule has 0 radical (unpaired) electrons. The van der Waals surface area contributed by atoms with E-state index in [0.29, 0.717) is 10.8 Å². The SMILES string of the molecule is C1CCC2(C1)COCCC21CCNC1. The minimum Gasteiger partial charge on any atom is -0.381 e. The lowest BCUT2D eigenvalue weighted by Crippen LogP contribution is -2.49. The van der Waals surface area contributed by atoms with Crippen LogP contribution >= 0.6 is 0 Å². The number of ether oxygens (including phenoxy) is 1. The molecule has 2 spiro atoms. The Balaban J connectivity index is 1.91. The first-order valence-corrected chi connectivity index (χ1v) is 6.16. The molecule has 1 atom stereocenters. The van der Waals surface area contributed by atoms with Crippen LogP contribution in [0.25, 0.3) is 0 Å². The lowest BCUT2D eigenvalue weighted by Gasteiger charge is -2.49. The highest BCUT2D eigenvalue weighted by molar-refractivity contribution is 5.06. The van der Waals surface area contributed by atoms with E-state index >= 15 is 0 Å². The Kier molecular flexibility index (Phi) is 2.10. The van der Waals surface area contributed by atoms with Gasteiger partial charge < -0.3 is 10.1 Å². The molecule has 2 heterocycles. The topological polar surface area (TPSA) is 21.3 Å². The maximum absolute atomic E-state index is 5.77. The van der Waals surface area contributed by atoms with Crippen molar-refractivity contribution in [3.05, 3.63) is 0 Å². The fraction of sp³-hybridized carbons (Fsp3) is 1.00. The van der Waals surface area contributed by atoms with Gasteiger partial charge in [0, 0.05) is 18.6 Å². The summed E-state index contributed by atoms with van der Waals surface area (Å²) in [6.07, 6.45) is 8.43. The molecule has 80 valence electrons. The molecule has 2 saturated heterocycles. The van der Waals surface area contributed by atoms with Gasteiger partial charge in [0.05, 0.1) is 6.61 Å². The second kappa shape index (κ2) is 3.21. The van der Waals surface area contributed by atoms with E-state index < -0.39 is 0 Å². The first-order chi connectivity index (χ1) is 6.87. The van der Waals surface area contributed by atoms with E-state index in [0.717, 1.165) is 13.2 Å². The molecule has 3 aliphatic rings. The molecule has 1 saturated carbocycles. The van der Waals surface area contributed by atoms with E-state index in [-0.39, 0.29) is 0 Å². The number of fused-ring (bicyclic) bond motifs is 1. The fourth-order valence-electron chi connectivity index (χ4n) is 4.09. The summed E-state index contributed by atoms with van der Waals surface area (Å²) >= 11 is 0. The van der Waals surface area contributed by atoms with Gasteiger partial charge in [0.15, 0.2) is 0 Å². The zero-order chi connectivity index (χ0) is 9.49. The van der Waals surface area contributed by atoms with Crippen molar-refractivity contribution in [2.75, 3.05) is 26.3 Å². The molecule has 3 rings (SSSR count). The van der Waals surface area contributed by atoms with Crippen molar-refractivity contribution >= 4 is 0 Å². The Morgan fingerprint density at radius 3 is 2.50 bits per heavy atom. The molecule has 2 heteroatoms. The van der Waals surface area contributed by atoms with E-state index in [1.54, 1.807) is 0 Å². The standard InChI is InChI=1S/C12H21NO/c1-2-4-12(3-1)10-14-8-6-11(12)5-7-13-9-11/h13H,1-10H2. The lowest BCUT2D eigenvalue weighted by atomic mass is 9.59. The van der Waals surface area contributed by atoms with Gasteiger partial charge in [-0.15, -0.1) is 0 Å². The summed E-state index contributed by atoms with van der Waals surface area (Å²) in [6.45, 7) is 4.55. The molecule has 0 amide bonds. The molecule has 2 aliphatic heterocycles. The van der Waals surface area contributed by atoms with Gasteiger partial charge in [0.25, 0.3) is 0 Å². The number of rotatable bonds is 0. The molecule has 14 heavy (non-hydrogen) atoms. The van der Waals surface area contributed by atoms with Crippen LogP contribution in [0.15, 0.2) is 0 Å². The number of hydrogen-bond donors (Lipinski definition) is 1. The van der Waals surface area contributed by atoms with Crippen LogP contribution in [-0.4, -0.2) is 26.3 Å². The molecule has 0 bridgehead atoms. The fourth-order valence-corrected chi connectivity index (χ4v) is 4.09. The predicted octanol–water partition coefficient (Wildman–Crippen LogP) is 1.95. The number of hydrogen-bond acceptors (Lipinski definition) is 2. The van der Waals surface area contributed by atoms with Gasteiger partial charge in [0.1, 0.15) is 0 Å². The van der Waals surface area contributed by atoms with Gasteiger partial charge in [-0.1, -0.05) is 12.8 Å². The minimum atomic E-state index is 0.564. The van der Waals surface area contributed by atoms with Crippen LogP contribution in [0.3, 0.4) is 0 Å². The van der Waals surface area contributed by atoms with Crippen LogP contribution in [0.1, 0.15) is 38.5 Å². The van der Waals surface area contributed by atoms with E-state index in [1.165, 1.54) is 51.6 Å². The molecule has 2 nitrogen and oxygen atoms in total. The molecule has 1 unspecified atom stereocenters. The molecule has 3 fully saturated rings. The van der Waals surface area contributed by atoms with Crippen LogP contribution in [0, 0.1) is 10.8 Å². The third-order valence-corrected chi connectivity index (χ3v) is 5.03. The van der Waals surface area contributed by atoms with Crippen molar-refractivity contribution in [2.24, 2.45) is 10.8 Å². The summed E-state index contributed by atoms with van der Waals surface area (Å²) in [5, 5.41) is 3.58. The smallest absolute Gasteiger partial charge is 0.0528 e. The highest BCUT2D eigenvalue weighted by Crippen LogP contribution is 2.57. The molecule has 1 N–H and O–H groups in total.